The molecule has 4 rings (SSSR count). The fourth-order valence-electron chi connectivity index (χ4n) is 3.58. The van der Waals surface area contributed by atoms with E-state index in [1.807, 2.05) is 0 Å². The van der Waals surface area contributed by atoms with Gasteiger partial charge >= 0.3 is 0 Å². The van der Waals surface area contributed by atoms with Crippen molar-refractivity contribution in [1.29, 1.82) is 0 Å². The molecule has 2 aromatic heterocycles. The Hall–Kier alpha value is -2.56. The molecule has 11 heteroatoms. The van der Waals surface area contributed by atoms with Crippen molar-refractivity contribution in [3.05, 3.63) is 62.5 Å². The average Bonchev–Trinajstić information content (AvgIpc) is 3.53. The van der Waals surface area contributed by atoms with E-state index in [4.69, 9.17) is 0 Å². The molecule has 0 aliphatic heterocycles. The van der Waals surface area contributed by atoms with Crippen molar-refractivity contribution >= 4 is 32.7 Å². The quantitative estimate of drug-likeness (QED) is 0.448. The Morgan fingerprint density at radius 2 is 1.84 bits per heavy atom. The van der Waals surface area contributed by atoms with Crippen LogP contribution in [0, 0.1) is 5.82 Å². The highest BCUT2D eigenvalue weighted by atomic mass is 79.9. The minimum atomic E-state index is -2.97. The highest BCUT2D eigenvalue weighted by molar-refractivity contribution is 9.10. The third-order valence-corrected chi connectivity index (χ3v) is 6.23. The number of anilines is 1. The number of nitrogens with zero attached hydrogens (tertiary/aromatic N) is 3. The van der Waals surface area contributed by atoms with E-state index >= 15 is 0 Å². The van der Waals surface area contributed by atoms with E-state index in [2.05, 4.69) is 31.2 Å². The second-order valence-electron chi connectivity index (χ2n) is 7.42. The van der Waals surface area contributed by atoms with Crippen LogP contribution in [0.25, 0.3) is 10.9 Å². The highest BCUT2D eigenvalue weighted by Gasteiger charge is 2.53. The van der Waals surface area contributed by atoms with Gasteiger partial charge in [-0.1, -0.05) is 18.2 Å². The lowest BCUT2D eigenvalue weighted by molar-refractivity contribution is 0.0653. The summed E-state index contributed by atoms with van der Waals surface area (Å²) in [6, 6.07) is 2.90. The van der Waals surface area contributed by atoms with Gasteiger partial charge in [-0.05, 0) is 35.7 Å². The number of hydrogen-bond acceptors (Lipinski definition) is 4. The summed E-state index contributed by atoms with van der Waals surface area (Å²) in [5, 5.41) is 3.19. The van der Waals surface area contributed by atoms with E-state index in [1.165, 1.54) is 18.3 Å². The lowest BCUT2D eigenvalue weighted by atomic mass is 10.0. The Morgan fingerprint density at radius 1 is 1.16 bits per heavy atom. The molecule has 0 unspecified atom stereocenters. The number of rotatable bonds is 6. The van der Waals surface area contributed by atoms with Gasteiger partial charge in [0.15, 0.2) is 0 Å². The first-order valence-electron chi connectivity index (χ1n) is 9.35. The Labute approximate surface area is 181 Å². The van der Waals surface area contributed by atoms with Crippen LogP contribution in [0.1, 0.15) is 43.4 Å². The maximum atomic E-state index is 14.5. The molecule has 5 nitrogen and oxygen atoms in total. The largest absolute Gasteiger partial charge is 0.363 e. The minimum absolute atomic E-state index is 0.000839. The van der Waals surface area contributed by atoms with E-state index in [0.717, 1.165) is 17.0 Å². The van der Waals surface area contributed by atoms with Gasteiger partial charge in [0.25, 0.3) is 18.4 Å². The molecule has 1 N–H and O–H groups in total. The van der Waals surface area contributed by atoms with Crippen molar-refractivity contribution in [2.45, 2.75) is 44.2 Å². The van der Waals surface area contributed by atoms with Gasteiger partial charge in [-0.25, -0.2) is 31.9 Å². The fourth-order valence-corrected chi connectivity index (χ4v) is 4.09. The standard InChI is InChI=1S/C20H16BrF5N4O/c1-9(10-3-2-4-11(14(10)22)16(23)24)29-17-12-7-30(20(5-6-20)19(25)26)18(31)13(21)15(12)27-8-28-17/h2-4,7-9,16,19H,5-6H2,1H3,(H,27,28,29)/t9-/m0/s1. The third kappa shape index (κ3) is 3.58. The number of hydrogen-bond donors (Lipinski definition) is 1. The molecule has 0 bridgehead atoms. The van der Waals surface area contributed by atoms with Crippen LogP contribution in [0.4, 0.5) is 27.8 Å². The predicted molar refractivity (Wildman–Crippen MR) is 108 cm³/mol. The smallest absolute Gasteiger partial charge is 0.267 e. The van der Waals surface area contributed by atoms with Crippen LogP contribution in [0.2, 0.25) is 0 Å². The maximum Gasteiger partial charge on any atom is 0.267 e. The lowest BCUT2D eigenvalue weighted by Crippen LogP contribution is -2.35. The molecule has 0 saturated heterocycles. The molecule has 3 aromatic rings. The molecule has 0 amide bonds. The minimum Gasteiger partial charge on any atom is -0.363 e. The molecule has 1 aliphatic carbocycles. The second-order valence-corrected chi connectivity index (χ2v) is 8.22. The van der Waals surface area contributed by atoms with Gasteiger partial charge in [0, 0.05) is 11.8 Å². The molecule has 0 radical (unpaired) electrons. The molecular formula is C20H16BrF5N4O. The molecule has 2 heterocycles. The molecular weight excluding hydrogens is 487 g/mol. The monoisotopic (exact) mass is 502 g/mol. The second kappa shape index (κ2) is 7.85. The first kappa shape index (κ1) is 21.7. The number of halogens is 6. The lowest BCUT2D eigenvalue weighted by Gasteiger charge is -2.21. The summed E-state index contributed by atoms with van der Waals surface area (Å²) in [6.45, 7) is 1.55. The normalized spacial score (nSPS) is 16.2. The SMILES string of the molecule is C[C@H](Nc1ncnc2c(Br)c(=O)n(C3(C(F)F)CC3)cc12)c1cccc(C(F)F)c1F. The zero-order valence-electron chi connectivity index (χ0n) is 16.1. The van der Waals surface area contributed by atoms with Gasteiger partial charge in [-0.2, -0.15) is 0 Å². The average molecular weight is 503 g/mol. The Kier molecular flexibility index (Phi) is 5.48. The number of benzene rings is 1. The van der Waals surface area contributed by atoms with Crippen molar-refractivity contribution in [2.75, 3.05) is 5.32 Å². The molecule has 0 spiro atoms. The van der Waals surface area contributed by atoms with Crippen LogP contribution in [-0.2, 0) is 5.54 Å². The van der Waals surface area contributed by atoms with Crippen molar-refractivity contribution in [3.8, 4) is 0 Å². The summed E-state index contributed by atoms with van der Waals surface area (Å²) in [6.07, 6.45) is -2.97. The Morgan fingerprint density at radius 3 is 2.45 bits per heavy atom. The van der Waals surface area contributed by atoms with Crippen LogP contribution >= 0.6 is 15.9 Å². The summed E-state index contributed by atoms with van der Waals surface area (Å²) in [5.74, 6) is -0.887. The number of aromatic nitrogens is 3. The topological polar surface area (TPSA) is 59.8 Å². The van der Waals surface area contributed by atoms with Crippen LogP contribution in [0.5, 0.6) is 0 Å². The van der Waals surface area contributed by atoms with Gasteiger partial charge in [0.1, 0.15) is 28.0 Å². The van der Waals surface area contributed by atoms with Crippen molar-refractivity contribution in [3.63, 3.8) is 0 Å². The molecule has 1 atom stereocenters. The highest BCUT2D eigenvalue weighted by Crippen LogP contribution is 2.48. The van der Waals surface area contributed by atoms with Crippen LogP contribution in [0.15, 0.2) is 40.0 Å². The van der Waals surface area contributed by atoms with Gasteiger partial charge in [-0.3, -0.25) is 4.79 Å². The van der Waals surface area contributed by atoms with Gasteiger partial charge in [0.05, 0.1) is 22.5 Å². The molecule has 1 saturated carbocycles. The first-order valence-corrected chi connectivity index (χ1v) is 10.1. The predicted octanol–water partition coefficient (Wildman–Crippen LogP) is 5.56. The van der Waals surface area contributed by atoms with Gasteiger partial charge in [0.2, 0.25) is 0 Å². The van der Waals surface area contributed by atoms with Crippen molar-refractivity contribution < 1.29 is 22.0 Å². The molecule has 1 fully saturated rings. The van der Waals surface area contributed by atoms with E-state index in [9.17, 15) is 26.7 Å². The summed E-state index contributed by atoms with van der Waals surface area (Å²) < 4.78 is 68.9. The molecule has 31 heavy (non-hydrogen) atoms. The molecule has 164 valence electrons. The van der Waals surface area contributed by atoms with E-state index in [-0.39, 0.29) is 39.6 Å². The number of fused-ring (bicyclic) bond motifs is 1. The summed E-state index contributed by atoms with van der Waals surface area (Å²) in [4.78, 5) is 20.8. The van der Waals surface area contributed by atoms with Crippen LogP contribution < -0.4 is 10.9 Å². The Balaban J connectivity index is 1.80. The summed E-state index contributed by atoms with van der Waals surface area (Å²) in [7, 11) is 0. The van der Waals surface area contributed by atoms with E-state index < -0.39 is 41.4 Å². The zero-order chi connectivity index (χ0) is 22.5. The fraction of sp³-hybridized carbons (Fsp3) is 0.350. The van der Waals surface area contributed by atoms with Crippen molar-refractivity contribution in [1.82, 2.24) is 14.5 Å². The van der Waals surface area contributed by atoms with E-state index in [0.29, 0.717) is 0 Å². The molecule has 1 aliphatic rings. The van der Waals surface area contributed by atoms with E-state index in [1.54, 1.807) is 6.92 Å². The molecule has 1 aromatic carbocycles. The van der Waals surface area contributed by atoms with Gasteiger partial charge < -0.3 is 9.88 Å². The maximum absolute atomic E-state index is 14.5. The summed E-state index contributed by atoms with van der Waals surface area (Å²) >= 11 is 3.14. The number of nitrogens with one attached hydrogen (secondary N) is 1. The number of alkyl halides is 4. The Bertz CT molecular complexity index is 1210. The van der Waals surface area contributed by atoms with Crippen LogP contribution in [-0.4, -0.2) is 21.0 Å². The third-order valence-electron chi connectivity index (χ3n) is 5.52. The zero-order valence-corrected chi connectivity index (χ0v) is 17.6. The van der Waals surface area contributed by atoms with Crippen molar-refractivity contribution in [2.24, 2.45) is 0 Å². The summed E-state index contributed by atoms with van der Waals surface area (Å²) in [5.41, 5.74) is -2.76. The number of pyridine rings is 1. The first-order chi connectivity index (χ1) is 14.7. The van der Waals surface area contributed by atoms with Crippen LogP contribution in [0.3, 0.4) is 0 Å². The van der Waals surface area contributed by atoms with Gasteiger partial charge in [-0.15, -0.1) is 0 Å².